The largest absolute Gasteiger partial charge is 0.472 e. The van der Waals surface area contributed by atoms with Crippen LogP contribution in [0.3, 0.4) is 0 Å². The summed E-state index contributed by atoms with van der Waals surface area (Å²) in [6.45, 7) is 1.71. The quantitative estimate of drug-likeness (QED) is 0.823. The van der Waals surface area contributed by atoms with Crippen LogP contribution in [0.25, 0.3) is 0 Å². The number of primary amides is 1. The summed E-state index contributed by atoms with van der Waals surface area (Å²) in [7, 11) is 0. The molecule has 1 aromatic carbocycles. The summed E-state index contributed by atoms with van der Waals surface area (Å²) in [5, 5.41) is 0. The van der Waals surface area contributed by atoms with E-state index in [9.17, 15) is 22.8 Å². The van der Waals surface area contributed by atoms with E-state index < -0.39 is 18.1 Å². The lowest BCUT2D eigenvalue weighted by Gasteiger charge is -2.19. The Morgan fingerprint density at radius 1 is 1.18 bits per heavy atom. The zero-order chi connectivity index (χ0) is 13.2. The van der Waals surface area contributed by atoms with Gasteiger partial charge in [-0.1, -0.05) is 17.7 Å². The summed E-state index contributed by atoms with van der Waals surface area (Å²) in [5.74, 6) is -2.31. The summed E-state index contributed by atoms with van der Waals surface area (Å²) in [4.78, 5) is 21.8. The molecule has 0 fully saturated rings. The number of imide groups is 1. The highest BCUT2D eigenvalue weighted by atomic mass is 19.4. The van der Waals surface area contributed by atoms with Crippen LogP contribution < -0.4 is 10.6 Å². The zero-order valence-electron chi connectivity index (χ0n) is 8.78. The predicted molar refractivity (Wildman–Crippen MR) is 54.3 cm³/mol. The van der Waals surface area contributed by atoms with Crippen LogP contribution in [0.15, 0.2) is 24.3 Å². The number of amides is 3. The molecule has 0 unspecified atom stereocenters. The second kappa shape index (κ2) is 4.44. The van der Waals surface area contributed by atoms with Crippen molar-refractivity contribution in [3.05, 3.63) is 29.8 Å². The summed E-state index contributed by atoms with van der Waals surface area (Å²) in [6.07, 6.45) is -5.15. The zero-order valence-corrected chi connectivity index (χ0v) is 8.78. The normalized spacial score (nSPS) is 11.1. The van der Waals surface area contributed by atoms with Gasteiger partial charge in [0, 0.05) is 0 Å². The molecule has 0 atom stereocenters. The van der Waals surface area contributed by atoms with Crippen LogP contribution in [0.4, 0.5) is 23.7 Å². The summed E-state index contributed by atoms with van der Waals surface area (Å²) >= 11 is 0. The smallest absolute Gasteiger partial charge is 0.351 e. The number of rotatable bonds is 1. The minimum absolute atomic E-state index is 0.112. The Labute approximate surface area is 94.8 Å². The molecule has 0 heterocycles. The topological polar surface area (TPSA) is 63.4 Å². The molecule has 0 aliphatic rings. The Bertz CT molecular complexity index is 440. The Morgan fingerprint density at radius 3 is 2.00 bits per heavy atom. The molecule has 92 valence electrons. The number of nitrogens with two attached hydrogens (primary N) is 1. The number of alkyl halides is 3. The number of carbonyl (C=O) groups excluding carboxylic acids is 2. The van der Waals surface area contributed by atoms with Crippen molar-refractivity contribution in [2.45, 2.75) is 13.1 Å². The third kappa shape index (κ3) is 2.96. The van der Waals surface area contributed by atoms with Crippen molar-refractivity contribution < 1.29 is 22.8 Å². The van der Waals surface area contributed by atoms with E-state index in [1.165, 1.54) is 24.3 Å². The molecule has 2 N–H and O–H groups in total. The molecule has 7 heteroatoms. The Hall–Kier alpha value is -2.05. The molecule has 0 aliphatic carbocycles. The first-order valence-corrected chi connectivity index (χ1v) is 4.51. The molecule has 1 aromatic rings. The standard InChI is InChI=1S/C10H9F3N2O2/c1-6-2-4-7(5-3-6)15(9(14)17)8(16)10(11,12)13/h2-5H,1H3,(H2,14,17). The van der Waals surface area contributed by atoms with Gasteiger partial charge in [0.25, 0.3) is 0 Å². The van der Waals surface area contributed by atoms with E-state index in [4.69, 9.17) is 5.73 Å². The molecular weight excluding hydrogens is 237 g/mol. The molecule has 0 aliphatic heterocycles. The van der Waals surface area contributed by atoms with Crippen molar-refractivity contribution in [1.82, 2.24) is 0 Å². The second-order valence-electron chi connectivity index (χ2n) is 3.31. The third-order valence-corrected chi connectivity index (χ3v) is 1.96. The number of carbonyl (C=O) groups is 2. The van der Waals surface area contributed by atoms with Gasteiger partial charge in [-0.2, -0.15) is 13.2 Å². The van der Waals surface area contributed by atoms with Gasteiger partial charge in [-0.05, 0) is 19.1 Å². The van der Waals surface area contributed by atoms with E-state index in [2.05, 4.69) is 0 Å². The first-order valence-electron chi connectivity index (χ1n) is 4.51. The maximum atomic E-state index is 12.2. The molecule has 1 rings (SSSR count). The van der Waals surface area contributed by atoms with Crippen LogP contribution in [0, 0.1) is 6.92 Å². The van der Waals surface area contributed by atoms with Crippen LogP contribution in [-0.4, -0.2) is 18.1 Å². The Kier molecular flexibility index (Phi) is 3.40. The SMILES string of the molecule is Cc1ccc(N(C(N)=O)C(=O)C(F)(F)F)cc1. The Morgan fingerprint density at radius 2 is 1.65 bits per heavy atom. The molecule has 0 saturated carbocycles. The van der Waals surface area contributed by atoms with E-state index in [0.29, 0.717) is 0 Å². The lowest BCUT2D eigenvalue weighted by atomic mass is 10.2. The van der Waals surface area contributed by atoms with Gasteiger partial charge in [0.15, 0.2) is 0 Å². The molecule has 0 spiro atoms. The van der Waals surface area contributed by atoms with Gasteiger partial charge < -0.3 is 5.73 Å². The van der Waals surface area contributed by atoms with Gasteiger partial charge in [0.1, 0.15) is 0 Å². The van der Waals surface area contributed by atoms with Crippen LogP contribution in [0.2, 0.25) is 0 Å². The molecule has 0 aromatic heterocycles. The van der Waals surface area contributed by atoms with Gasteiger partial charge in [-0.25, -0.2) is 9.69 Å². The fourth-order valence-corrected chi connectivity index (χ4v) is 1.17. The molecule has 0 radical (unpaired) electrons. The lowest BCUT2D eigenvalue weighted by molar-refractivity contribution is -0.169. The van der Waals surface area contributed by atoms with Crippen molar-refractivity contribution >= 4 is 17.6 Å². The van der Waals surface area contributed by atoms with Gasteiger partial charge in [-0.15, -0.1) is 0 Å². The molecule has 4 nitrogen and oxygen atoms in total. The van der Waals surface area contributed by atoms with Crippen LogP contribution in [0.1, 0.15) is 5.56 Å². The average molecular weight is 246 g/mol. The number of benzene rings is 1. The van der Waals surface area contributed by atoms with Gasteiger partial charge in [0.05, 0.1) is 5.69 Å². The third-order valence-electron chi connectivity index (χ3n) is 1.96. The summed E-state index contributed by atoms with van der Waals surface area (Å²) in [6, 6.07) is 3.88. The van der Waals surface area contributed by atoms with Crippen molar-refractivity contribution in [1.29, 1.82) is 0 Å². The van der Waals surface area contributed by atoms with Crippen molar-refractivity contribution in [3.8, 4) is 0 Å². The monoisotopic (exact) mass is 246 g/mol. The van der Waals surface area contributed by atoms with E-state index >= 15 is 0 Å². The highest BCUT2D eigenvalue weighted by Crippen LogP contribution is 2.23. The molecule has 0 bridgehead atoms. The molecule has 3 amide bonds. The van der Waals surface area contributed by atoms with E-state index in [-0.39, 0.29) is 10.6 Å². The Balaban J connectivity index is 3.15. The maximum absolute atomic E-state index is 12.2. The second-order valence-corrected chi connectivity index (χ2v) is 3.31. The molecule has 0 saturated heterocycles. The number of halogens is 3. The summed E-state index contributed by atoms with van der Waals surface area (Å²) < 4.78 is 36.7. The lowest BCUT2D eigenvalue weighted by Crippen LogP contribution is -2.47. The van der Waals surface area contributed by atoms with Gasteiger partial charge >= 0.3 is 18.1 Å². The number of nitrogens with zero attached hydrogens (tertiary/aromatic N) is 1. The number of anilines is 1. The van der Waals surface area contributed by atoms with Crippen LogP contribution in [-0.2, 0) is 4.79 Å². The number of hydrogen-bond donors (Lipinski definition) is 1. The van der Waals surface area contributed by atoms with E-state index in [0.717, 1.165) is 5.56 Å². The van der Waals surface area contributed by atoms with Crippen molar-refractivity contribution in [2.75, 3.05) is 4.90 Å². The number of urea groups is 1. The summed E-state index contributed by atoms with van der Waals surface area (Å²) in [5.41, 5.74) is 5.33. The van der Waals surface area contributed by atoms with E-state index in [1.54, 1.807) is 6.92 Å². The average Bonchev–Trinajstić information content (AvgIpc) is 2.19. The highest BCUT2D eigenvalue weighted by molar-refractivity contribution is 6.15. The first kappa shape index (κ1) is 13.0. The highest BCUT2D eigenvalue weighted by Gasteiger charge is 2.45. The van der Waals surface area contributed by atoms with Gasteiger partial charge in [0.2, 0.25) is 0 Å². The van der Waals surface area contributed by atoms with Crippen LogP contribution >= 0.6 is 0 Å². The number of hydrogen-bond acceptors (Lipinski definition) is 2. The fraction of sp³-hybridized carbons (Fsp3) is 0.200. The number of aryl methyl sites for hydroxylation is 1. The van der Waals surface area contributed by atoms with Crippen molar-refractivity contribution in [3.63, 3.8) is 0 Å². The minimum atomic E-state index is -5.15. The molecular formula is C10H9F3N2O2. The fourth-order valence-electron chi connectivity index (χ4n) is 1.17. The first-order chi connectivity index (χ1) is 7.73. The molecule has 17 heavy (non-hydrogen) atoms. The minimum Gasteiger partial charge on any atom is -0.351 e. The van der Waals surface area contributed by atoms with E-state index in [1.807, 2.05) is 0 Å². The van der Waals surface area contributed by atoms with Gasteiger partial charge in [-0.3, -0.25) is 4.79 Å². The van der Waals surface area contributed by atoms with Crippen molar-refractivity contribution in [2.24, 2.45) is 5.73 Å². The maximum Gasteiger partial charge on any atom is 0.472 e. The predicted octanol–water partition coefficient (Wildman–Crippen LogP) is 1.97. The van der Waals surface area contributed by atoms with Crippen LogP contribution in [0.5, 0.6) is 0 Å².